The molecule has 0 unspecified atom stereocenters. The average Bonchev–Trinajstić information content (AvgIpc) is 2.89. The van der Waals surface area contributed by atoms with Crippen molar-refractivity contribution in [2.24, 2.45) is 0 Å². The predicted molar refractivity (Wildman–Crippen MR) is 155 cm³/mol. The molecule has 0 saturated carbocycles. The summed E-state index contributed by atoms with van der Waals surface area (Å²) >= 11 is 21.1. The molecule has 0 spiro atoms. The molecule has 1 aliphatic rings. The van der Waals surface area contributed by atoms with Crippen LogP contribution in [0.1, 0.15) is 18.1 Å². The van der Waals surface area contributed by atoms with Gasteiger partial charge in [0.1, 0.15) is 12.2 Å². The Morgan fingerprint density at radius 3 is 2.46 bits per heavy atom. The van der Waals surface area contributed by atoms with Crippen LogP contribution in [-0.4, -0.2) is 28.5 Å². The molecule has 1 fully saturated rings. The Labute approximate surface area is 246 Å². The number of nitrogens with one attached hydrogen (secondary N) is 1. The van der Waals surface area contributed by atoms with Crippen molar-refractivity contribution in [3.63, 3.8) is 0 Å². The van der Waals surface area contributed by atoms with Gasteiger partial charge in [0.15, 0.2) is 16.6 Å². The molecule has 0 radical (unpaired) electrons. The maximum atomic E-state index is 13.4. The zero-order valence-corrected chi connectivity index (χ0v) is 24.0. The molecule has 200 valence electrons. The molecule has 3 aromatic rings. The third-order valence-corrected chi connectivity index (χ3v) is 7.26. The SMILES string of the molecule is CCOc1cc(/C=C2\C(=O)NC(=S)N(c3cccc(Cl)c3Cl)C2=O)c(Br)cc1OCc1ccc([N+](=O)[O-])cc1. The predicted octanol–water partition coefficient (Wildman–Crippen LogP) is 6.47. The first-order chi connectivity index (χ1) is 18.6. The number of anilines is 1. The van der Waals surface area contributed by atoms with Crippen LogP contribution in [0.3, 0.4) is 0 Å². The van der Waals surface area contributed by atoms with E-state index in [4.69, 9.17) is 44.9 Å². The second-order valence-corrected chi connectivity index (χ2v) is 10.0. The summed E-state index contributed by atoms with van der Waals surface area (Å²) in [5, 5.41) is 13.6. The lowest BCUT2D eigenvalue weighted by Crippen LogP contribution is -2.54. The fourth-order valence-corrected chi connectivity index (χ4v) is 4.71. The number of amides is 2. The van der Waals surface area contributed by atoms with Gasteiger partial charge in [0.05, 0.1) is 27.3 Å². The Morgan fingerprint density at radius 1 is 1.10 bits per heavy atom. The van der Waals surface area contributed by atoms with E-state index in [0.717, 1.165) is 4.90 Å². The van der Waals surface area contributed by atoms with Crippen LogP contribution < -0.4 is 19.7 Å². The Morgan fingerprint density at radius 2 is 1.79 bits per heavy atom. The smallest absolute Gasteiger partial charge is 0.270 e. The number of thiocarbonyl (C=S) groups is 1. The van der Waals surface area contributed by atoms with E-state index < -0.39 is 16.7 Å². The van der Waals surface area contributed by atoms with Crippen molar-refractivity contribution >= 4 is 85.7 Å². The van der Waals surface area contributed by atoms with Gasteiger partial charge in [-0.1, -0.05) is 45.2 Å². The van der Waals surface area contributed by atoms with Crippen molar-refractivity contribution in [1.29, 1.82) is 0 Å². The lowest BCUT2D eigenvalue weighted by Gasteiger charge is -2.29. The van der Waals surface area contributed by atoms with Crippen LogP contribution in [0.5, 0.6) is 11.5 Å². The van der Waals surface area contributed by atoms with E-state index in [1.807, 2.05) is 0 Å². The molecule has 0 aromatic heterocycles. The first kappa shape index (κ1) is 28.5. The van der Waals surface area contributed by atoms with Crippen molar-refractivity contribution in [2.75, 3.05) is 11.5 Å². The largest absolute Gasteiger partial charge is 0.490 e. The lowest BCUT2D eigenvalue weighted by molar-refractivity contribution is -0.384. The second-order valence-electron chi connectivity index (χ2n) is 8.00. The first-order valence-electron chi connectivity index (χ1n) is 11.3. The molecule has 3 aromatic carbocycles. The number of rotatable bonds is 8. The van der Waals surface area contributed by atoms with Gasteiger partial charge in [0.25, 0.3) is 17.5 Å². The van der Waals surface area contributed by atoms with Gasteiger partial charge in [-0.15, -0.1) is 0 Å². The summed E-state index contributed by atoms with van der Waals surface area (Å²) in [5.41, 5.74) is 1.19. The number of hydrogen-bond acceptors (Lipinski definition) is 7. The summed E-state index contributed by atoms with van der Waals surface area (Å²) in [6.45, 7) is 2.24. The van der Waals surface area contributed by atoms with E-state index in [1.54, 1.807) is 49.4 Å². The molecule has 0 bridgehead atoms. The van der Waals surface area contributed by atoms with Gasteiger partial charge >= 0.3 is 0 Å². The summed E-state index contributed by atoms with van der Waals surface area (Å²) in [6, 6.07) is 14.0. The van der Waals surface area contributed by atoms with E-state index in [1.165, 1.54) is 18.2 Å². The highest BCUT2D eigenvalue weighted by molar-refractivity contribution is 9.10. The van der Waals surface area contributed by atoms with Gasteiger partial charge < -0.3 is 9.47 Å². The fourth-order valence-electron chi connectivity index (χ4n) is 3.61. The molecule has 9 nitrogen and oxygen atoms in total. The molecule has 4 rings (SSSR count). The Kier molecular flexibility index (Phi) is 8.86. The van der Waals surface area contributed by atoms with E-state index in [0.29, 0.717) is 33.7 Å². The summed E-state index contributed by atoms with van der Waals surface area (Å²) < 4.78 is 12.2. The zero-order valence-electron chi connectivity index (χ0n) is 20.1. The molecular formula is C26H18BrCl2N3O6S. The van der Waals surface area contributed by atoms with Gasteiger partial charge in [0, 0.05) is 16.6 Å². The quantitative estimate of drug-likeness (QED) is 0.0977. The van der Waals surface area contributed by atoms with E-state index >= 15 is 0 Å². The highest BCUT2D eigenvalue weighted by Crippen LogP contribution is 2.37. The van der Waals surface area contributed by atoms with Crippen molar-refractivity contribution in [1.82, 2.24) is 5.32 Å². The van der Waals surface area contributed by atoms with E-state index in [9.17, 15) is 19.7 Å². The molecule has 0 atom stereocenters. The third-order valence-electron chi connectivity index (χ3n) is 5.48. The van der Waals surface area contributed by atoms with Crippen LogP contribution in [-0.2, 0) is 16.2 Å². The summed E-state index contributed by atoms with van der Waals surface area (Å²) in [7, 11) is 0. The Hall–Kier alpha value is -3.51. The van der Waals surface area contributed by atoms with E-state index in [-0.39, 0.29) is 38.7 Å². The standard InChI is InChI=1S/C26H18BrCl2N3O6S/c1-2-37-21-11-15(18(27)12-22(21)38-13-14-6-8-16(9-7-14)32(35)36)10-17-24(33)30-26(39)31(25(17)34)20-5-3-4-19(28)23(20)29/h3-12H,2,13H2,1H3,(H,30,33,39)/b17-10+. The first-order valence-corrected chi connectivity index (χ1v) is 13.2. The van der Waals surface area contributed by atoms with Crippen molar-refractivity contribution in [3.05, 3.63) is 95.9 Å². The number of carbonyl (C=O) groups excluding carboxylic acids is 2. The molecule has 2 amide bonds. The number of nitro benzene ring substituents is 1. The minimum Gasteiger partial charge on any atom is -0.490 e. The number of hydrogen-bond donors (Lipinski definition) is 1. The van der Waals surface area contributed by atoms with Crippen LogP contribution in [0.25, 0.3) is 6.08 Å². The fraction of sp³-hybridized carbons (Fsp3) is 0.115. The molecular weight excluding hydrogens is 633 g/mol. The minimum absolute atomic E-state index is 0.0212. The minimum atomic E-state index is -0.684. The maximum absolute atomic E-state index is 13.4. The number of benzene rings is 3. The molecule has 1 saturated heterocycles. The Balaban J connectivity index is 1.65. The van der Waals surface area contributed by atoms with Crippen LogP contribution >= 0.6 is 51.3 Å². The summed E-state index contributed by atoms with van der Waals surface area (Å²) in [5.74, 6) is -0.611. The number of non-ortho nitro benzene ring substituents is 1. The molecule has 1 heterocycles. The van der Waals surface area contributed by atoms with Crippen LogP contribution in [0.2, 0.25) is 10.0 Å². The highest BCUT2D eigenvalue weighted by Gasteiger charge is 2.36. The number of nitrogens with zero attached hydrogens (tertiary/aromatic N) is 2. The number of carbonyl (C=O) groups is 2. The molecule has 1 N–H and O–H groups in total. The van der Waals surface area contributed by atoms with Crippen LogP contribution in [0.15, 0.2) is 64.6 Å². The van der Waals surface area contributed by atoms with Gasteiger partial charge in [-0.2, -0.15) is 0 Å². The number of nitro groups is 1. The molecule has 39 heavy (non-hydrogen) atoms. The van der Waals surface area contributed by atoms with Gasteiger partial charge in [0.2, 0.25) is 0 Å². The van der Waals surface area contributed by atoms with E-state index in [2.05, 4.69) is 21.2 Å². The zero-order chi connectivity index (χ0) is 28.3. The lowest BCUT2D eigenvalue weighted by atomic mass is 10.1. The van der Waals surface area contributed by atoms with Crippen LogP contribution in [0, 0.1) is 10.1 Å². The van der Waals surface area contributed by atoms with Gasteiger partial charge in [-0.25, -0.2) is 0 Å². The van der Waals surface area contributed by atoms with Crippen molar-refractivity contribution in [2.45, 2.75) is 13.5 Å². The highest BCUT2D eigenvalue weighted by atomic mass is 79.9. The maximum Gasteiger partial charge on any atom is 0.270 e. The average molecular weight is 651 g/mol. The molecule has 1 aliphatic heterocycles. The molecule has 13 heteroatoms. The normalized spacial score (nSPS) is 14.4. The number of ether oxygens (including phenoxy) is 2. The van der Waals surface area contributed by atoms with Crippen molar-refractivity contribution < 1.29 is 24.0 Å². The van der Waals surface area contributed by atoms with Crippen molar-refractivity contribution in [3.8, 4) is 11.5 Å². The van der Waals surface area contributed by atoms with Gasteiger partial charge in [-0.3, -0.25) is 29.9 Å². The monoisotopic (exact) mass is 649 g/mol. The summed E-state index contributed by atoms with van der Waals surface area (Å²) in [6.07, 6.45) is 1.40. The number of halogens is 3. The summed E-state index contributed by atoms with van der Waals surface area (Å²) in [4.78, 5) is 37.7. The van der Waals surface area contributed by atoms with Gasteiger partial charge in [-0.05, 0) is 72.7 Å². The van der Waals surface area contributed by atoms with Crippen LogP contribution in [0.4, 0.5) is 11.4 Å². The Bertz CT molecular complexity index is 1530. The second kappa shape index (κ2) is 12.1. The molecule has 0 aliphatic carbocycles. The third kappa shape index (κ3) is 6.22. The topological polar surface area (TPSA) is 111 Å².